The summed E-state index contributed by atoms with van der Waals surface area (Å²) in [5.41, 5.74) is -0.0418. The lowest BCUT2D eigenvalue weighted by Crippen LogP contribution is -2.14. The number of anilines is 1. The second-order valence-electron chi connectivity index (χ2n) is 4.79. The molecule has 0 saturated heterocycles. The number of aromatic amines is 1. The lowest BCUT2D eigenvalue weighted by Gasteiger charge is -2.10. The second-order valence-corrected chi connectivity index (χ2v) is 4.79. The number of fused-ring (bicyclic) bond motifs is 1. The molecule has 0 fully saturated rings. The van der Waals surface area contributed by atoms with E-state index in [0.717, 1.165) is 6.20 Å². The summed E-state index contributed by atoms with van der Waals surface area (Å²) in [6.07, 6.45) is 0.410. The van der Waals surface area contributed by atoms with Gasteiger partial charge in [-0.2, -0.15) is 0 Å². The van der Waals surface area contributed by atoms with Crippen LogP contribution in [-0.2, 0) is 4.74 Å². The number of hydrogen-bond donors (Lipinski definition) is 2. The van der Waals surface area contributed by atoms with Gasteiger partial charge in [-0.15, -0.1) is 0 Å². The Morgan fingerprint density at radius 3 is 2.92 bits per heavy atom. The summed E-state index contributed by atoms with van der Waals surface area (Å²) < 4.78 is 10.4. The summed E-state index contributed by atoms with van der Waals surface area (Å²) in [5, 5.41) is 2.59. The van der Waals surface area contributed by atoms with Crippen molar-refractivity contribution in [1.82, 2.24) is 9.97 Å². The third kappa shape index (κ3) is 3.02. The monoisotopic (exact) mass is 327 g/mol. The number of amides is 1. The van der Waals surface area contributed by atoms with E-state index in [1.165, 1.54) is 6.07 Å². The van der Waals surface area contributed by atoms with E-state index in [9.17, 15) is 14.4 Å². The Labute approximate surface area is 135 Å². The Morgan fingerprint density at radius 1 is 1.33 bits per heavy atom. The van der Waals surface area contributed by atoms with Gasteiger partial charge in [0.25, 0.3) is 5.56 Å². The van der Waals surface area contributed by atoms with Gasteiger partial charge in [0.05, 0.1) is 18.5 Å². The first kappa shape index (κ1) is 15.5. The maximum absolute atomic E-state index is 12.2. The highest BCUT2D eigenvalue weighted by molar-refractivity contribution is 5.90. The molecule has 0 aliphatic heterocycles. The number of nitrogens with one attached hydrogen (secondary N) is 2. The van der Waals surface area contributed by atoms with Crippen LogP contribution in [0.5, 0.6) is 0 Å². The number of carbonyl (C=O) groups is 1. The molecule has 8 nitrogen and oxygen atoms in total. The molecule has 0 atom stereocenters. The van der Waals surface area contributed by atoms with Crippen LogP contribution in [0.3, 0.4) is 0 Å². The van der Waals surface area contributed by atoms with Gasteiger partial charge >= 0.3 is 6.09 Å². The Morgan fingerprint density at radius 2 is 2.12 bits per heavy atom. The number of hydrogen-bond acceptors (Lipinski definition) is 6. The van der Waals surface area contributed by atoms with E-state index in [1.54, 1.807) is 31.2 Å². The molecule has 3 rings (SSSR count). The minimum Gasteiger partial charge on any atom is -0.450 e. The van der Waals surface area contributed by atoms with Gasteiger partial charge in [-0.05, 0) is 19.1 Å². The molecule has 2 N–H and O–H groups in total. The summed E-state index contributed by atoms with van der Waals surface area (Å²) in [7, 11) is 0. The van der Waals surface area contributed by atoms with Gasteiger partial charge in [0.2, 0.25) is 11.1 Å². The lowest BCUT2D eigenvalue weighted by atomic mass is 10.1. The van der Waals surface area contributed by atoms with E-state index in [0.29, 0.717) is 11.3 Å². The number of aromatic nitrogens is 2. The summed E-state index contributed by atoms with van der Waals surface area (Å²) in [5.74, 6) is 0.208. The maximum Gasteiger partial charge on any atom is 0.411 e. The van der Waals surface area contributed by atoms with Crippen LogP contribution < -0.4 is 16.3 Å². The highest BCUT2D eigenvalue weighted by Gasteiger charge is 2.13. The van der Waals surface area contributed by atoms with Crippen LogP contribution in [0.4, 0.5) is 10.5 Å². The van der Waals surface area contributed by atoms with E-state index in [4.69, 9.17) is 9.15 Å². The quantitative estimate of drug-likeness (QED) is 0.761. The molecule has 8 heteroatoms. The van der Waals surface area contributed by atoms with Gasteiger partial charge in [-0.1, -0.05) is 12.1 Å². The summed E-state index contributed by atoms with van der Waals surface area (Å²) >= 11 is 0. The second kappa shape index (κ2) is 6.37. The first-order chi connectivity index (χ1) is 11.6. The number of para-hydroxylation sites is 1. The zero-order chi connectivity index (χ0) is 17.1. The fourth-order valence-corrected chi connectivity index (χ4v) is 2.18. The average molecular weight is 327 g/mol. The Hall–Kier alpha value is -3.42. The van der Waals surface area contributed by atoms with Crippen LogP contribution >= 0.6 is 0 Å². The van der Waals surface area contributed by atoms with Crippen LogP contribution in [0, 0.1) is 0 Å². The van der Waals surface area contributed by atoms with Crippen LogP contribution in [0.1, 0.15) is 6.92 Å². The van der Waals surface area contributed by atoms with E-state index in [-0.39, 0.29) is 23.6 Å². The Balaban J connectivity index is 2.11. The van der Waals surface area contributed by atoms with Crippen molar-refractivity contribution in [3.63, 3.8) is 0 Å². The first-order valence-electron chi connectivity index (χ1n) is 7.15. The highest BCUT2D eigenvalue weighted by Crippen LogP contribution is 2.28. The number of carbonyl (C=O) groups excluding carboxylic acids is 1. The van der Waals surface area contributed by atoms with E-state index in [2.05, 4.69) is 15.3 Å². The smallest absolute Gasteiger partial charge is 0.411 e. The fourth-order valence-electron chi connectivity index (χ4n) is 2.18. The van der Waals surface area contributed by atoms with Crippen LogP contribution in [0.25, 0.3) is 22.6 Å². The van der Waals surface area contributed by atoms with Crippen molar-refractivity contribution in [2.24, 2.45) is 0 Å². The van der Waals surface area contributed by atoms with E-state index in [1.807, 2.05) is 0 Å². The third-order valence-electron chi connectivity index (χ3n) is 3.18. The molecule has 0 spiro atoms. The molecule has 0 aliphatic carbocycles. The normalized spacial score (nSPS) is 10.5. The molecule has 0 unspecified atom stereocenters. The van der Waals surface area contributed by atoms with Gasteiger partial charge in [-0.25, -0.2) is 9.78 Å². The Kier molecular flexibility index (Phi) is 4.11. The maximum atomic E-state index is 12.2. The summed E-state index contributed by atoms with van der Waals surface area (Å²) in [6, 6.07) is 8.01. The number of rotatable bonds is 3. The molecule has 24 heavy (non-hydrogen) atoms. The van der Waals surface area contributed by atoms with Crippen molar-refractivity contribution in [3.05, 3.63) is 57.1 Å². The summed E-state index contributed by atoms with van der Waals surface area (Å²) in [6.45, 7) is 1.93. The van der Waals surface area contributed by atoms with Crippen LogP contribution in [0.15, 0.2) is 50.5 Å². The molecule has 3 aromatic rings. The lowest BCUT2D eigenvalue weighted by molar-refractivity contribution is 0.168. The van der Waals surface area contributed by atoms with Crippen molar-refractivity contribution in [2.75, 3.05) is 11.9 Å². The standard InChI is InChI=1S/C16H13N3O5/c1-2-23-16(22)18-10-6-4-3-5-9(10)12-7-11(20)14-15(24-12)17-8-13(21)19-14/h3-8H,2H2,1H3,(H,18,22)(H,19,21). The molecule has 1 aromatic carbocycles. The number of benzene rings is 1. The van der Waals surface area contributed by atoms with Crippen LogP contribution in [0.2, 0.25) is 0 Å². The fraction of sp³-hybridized carbons (Fsp3) is 0.125. The first-order valence-corrected chi connectivity index (χ1v) is 7.15. The molecule has 0 bridgehead atoms. The molecule has 122 valence electrons. The van der Waals surface area contributed by atoms with Crippen molar-refractivity contribution < 1.29 is 13.9 Å². The van der Waals surface area contributed by atoms with Gasteiger partial charge < -0.3 is 14.1 Å². The summed E-state index contributed by atoms with van der Waals surface area (Å²) in [4.78, 5) is 41.3. The van der Waals surface area contributed by atoms with E-state index >= 15 is 0 Å². The van der Waals surface area contributed by atoms with Gasteiger partial charge in [0, 0.05) is 11.6 Å². The molecule has 1 amide bonds. The Bertz CT molecular complexity index is 1020. The SMILES string of the molecule is CCOC(=O)Nc1ccccc1-c1cc(=O)c2[nH]c(=O)cnc2o1. The van der Waals surface area contributed by atoms with Crippen LogP contribution in [-0.4, -0.2) is 22.7 Å². The van der Waals surface area contributed by atoms with Crippen molar-refractivity contribution >= 4 is 23.0 Å². The zero-order valence-electron chi connectivity index (χ0n) is 12.7. The predicted octanol–water partition coefficient (Wildman–Crippen LogP) is 2.11. The van der Waals surface area contributed by atoms with E-state index < -0.39 is 17.1 Å². The molecular formula is C16H13N3O5. The third-order valence-corrected chi connectivity index (χ3v) is 3.18. The molecule has 0 radical (unpaired) electrons. The van der Waals surface area contributed by atoms with Gasteiger partial charge in [-0.3, -0.25) is 14.9 Å². The molecule has 2 aromatic heterocycles. The number of nitrogens with zero attached hydrogens (tertiary/aromatic N) is 1. The van der Waals surface area contributed by atoms with Crippen molar-refractivity contribution in [3.8, 4) is 11.3 Å². The van der Waals surface area contributed by atoms with Gasteiger partial charge in [0.15, 0.2) is 5.52 Å². The van der Waals surface area contributed by atoms with Crippen molar-refractivity contribution in [1.29, 1.82) is 0 Å². The number of H-pyrrole nitrogens is 1. The zero-order valence-corrected chi connectivity index (χ0v) is 12.7. The topological polar surface area (TPSA) is 114 Å². The largest absolute Gasteiger partial charge is 0.450 e. The number of ether oxygens (including phenoxy) is 1. The molecule has 0 saturated carbocycles. The average Bonchev–Trinajstić information content (AvgIpc) is 2.56. The molecule has 0 aliphatic rings. The predicted molar refractivity (Wildman–Crippen MR) is 87.0 cm³/mol. The minimum atomic E-state index is -0.615. The molecule has 2 heterocycles. The highest BCUT2D eigenvalue weighted by atomic mass is 16.5. The molecular weight excluding hydrogens is 314 g/mol. The minimum absolute atomic E-state index is 0.00281. The van der Waals surface area contributed by atoms with Crippen molar-refractivity contribution in [2.45, 2.75) is 6.92 Å². The van der Waals surface area contributed by atoms with Gasteiger partial charge in [0.1, 0.15) is 5.76 Å².